The second-order valence-corrected chi connectivity index (χ2v) is 8.37. The molecule has 3 N–H and O–H groups in total. The van der Waals surface area contributed by atoms with Gasteiger partial charge < -0.3 is 10.6 Å². The molecule has 0 radical (unpaired) electrons. The first-order valence-corrected chi connectivity index (χ1v) is 10.7. The minimum Gasteiger partial charge on any atom is -0.350 e. The number of nitrogens with one attached hydrogen (secondary N) is 3. The lowest BCUT2D eigenvalue weighted by Gasteiger charge is -2.15. The van der Waals surface area contributed by atoms with Gasteiger partial charge in [0.1, 0.15) is 6.04 Å². The Balaban J connectivity index is 1.39. The van der Waals surface area contributed by atoms with Gasteiger partial charge in [0.05, 0.1) is 4.88 Å². The smallest absolute Gasteiger partial charge is 0.251 e. The molecule has 3 aromatic rings. The van der Waals surface area contributed by atoms with E-state index in [1.807, 2.05) is 29.6 Å². The van der Waals surface area contributed by atoms with E-state index < -0.39 is 6.04 Å². The summed E-state index contributed by atoms with van der Waals surface area (Å²) in [6, 6.07) is 11.0. The molecule has 150 valence electrons. The average molecular weight is 428 g/mol. The number of aromatic amines is 1. The summed E-state index contributed by atoms with van der Waals surface area (Å²) in [5.74, 6) is 0.446. The van der Waals surface area contributed by atoms with Gasteiger partial charge in [0.2, 0.25) is 5.91 Å². The fourth-order valence-corrected chi connectivity index (χ4v) is 3.97. The molecule has 1 fully saturated rings. The summed E-state index contributed by atoms with van der Waals surface area (Å²) in [5, 5.41) is 14.9. The number of rotatable bonds is 7. The van der Waals surface area contributed by atoms with Gasteiger partial charge in [-0.05, 0) is 61.1 Å². The maximum absolute atomic E-state index is 12.7. The number of carbonyl (C=O) groups is 2. The van der Waals surface area contributed by atoms with E-state index in [-0.39, 0.29) is 11.8 Å². The van der Waals surface area contributed by atoms with Crippen molar-refractivity contribution in [3.8, 4) is 10.7 Å². The summed E-state index contributed by atoms with van der Waals surface area (Å²) < 4.78 is 2.13. The highest BCUT2D eigenvalue weighted by Crippen LogP contribution is 2.25. The first-order valence-electron chi connectivity index (χ1n) is 9.41. The normalized spacial score (nSPS) is 14.4. The minimum atomic E-state index is -0.512. The fourth-order valence-electron chi connectivity index (χ4n) is 2.97. The second-order valence-electron chi connectivity index (χ2n) is 7.04. The Hall–Kier alpha value is -2.78. The lowest BCUT2D eigenvalue weighted by atomic mass is 10.1. The van der Waals surface area contributed by atoms with E-state index in [1.54, 1.807) is 23.6 Å². The quantitative estimate of drug-likeness (QED) is 0.504. The molecule has 2 heterocycles. The van der Waals surface area contributed by atoms with Crippen LogP contribution in [0.5, 0.6) is 0 Å². The average Bonchev–Trinajstić information content (AvgIpc) is 3.22. The highest BCUT2D eigenvalue weighted by molar-refractivity contribution is 7.71. The topological polar surface area (TPSA) is 91.8 Å². The lowest BCUT2D eigenvalue weighted by Crippen LogP contribution is -2.31. The van der Waals surface area contributed by atoms with E-state index in [1.165, 1.54) is 11.3 Å². The molecule has 1 aliphatic rings. The van der Waals surface area contributed by atoms with Gasteiger partial charge in [-0.15, -0.1) is 11.3 Å². The number of amides is 2. The standard InChI is InChI=1S/C20H21N5O2S2/c1-12(25-17(23-24-20(25)28)16-3-2-10-29-16)18(26)21-11-13-4-6-14(7-5-13)19(27)22-15-8-9-15/h2-7,10,12,15H,8-9,11H2,1H3,(H,21,26)(H,22,27)(H,24,28). The molecule has 0 bridgehead atoms. The molecule has 9 heteroatoms. The summed E-state index contributed by atoms with van der Waals surface area (Å²) in [5.41, 5.74) is 1.55. The second kappa shape index (κ2) is 8.30. The zero-order valence-corrected chi connectivity index (χ0v) is 17.5. The Morgan fingerprint density at radius 2 is 2.07 bits per heavy atom. The molecule has 2 aromatic heterocycles. The van der Waals surface area contributed by atoms with Crippen LogP contribution in [0.3, 0.4) is 0 Å². The molecule has 1 saturated carbocycles. The van der Waals surface area contributed by atoms with E-state index in [2.05, 4.69) is 20.8 Å². The van der Waals surface area contributed by atoms with Crippen molar-refractivity contribution < 1.29 is 9.59 Å². The van der Waals surface area contributed by atoms with Crippen LogP contribution in [-0.4, -0.2) is 32.6 Å². The summed E-state index contributed by atoms with van der Waals surface area (Å²) in [6.45, 7) is 2.16. The Labute approximate surface area is 177 Å². The number of hydrogen-bond donors (Lipinski definition) is 3. The van der Waals surface area contributed by atoms with Crippen LogP contribution in [0.2, 0.25) is 0 Å². The molecule has 0 saturated heterocycles. The summed E-state index contributed by atoms with van der Waals surface area (Å²) in [6.07, 6.45) is 2.12. The van der Waals surface area contributed by atoms with Crippen molar-refractivity contribution in [1.29, 1.82) is 0 Å². The van der Waals surface area contributed by atoms with Crippen LogP contribution < -0.4 is 10.6 Å². The molecule has 1 aromatic carbocycles. The highest BCUT2D eigenvalue weighted by Gasteiger charge is 2.24. The zero-order valence-electron chi connectivity index (χ0n) is 15.8. The molecule has 0 aliphatic heterocycles. The Morgan fingerprint density at radius 1 is 1.31 bits per heavy atom. The molecular formula is C20H21N5O2S2. The molecule has 29 heavy (non-hydrogen) atoms. The maximum Gasteiger partial charge on any atom is 0.251 e. The number of aromatic nitrogens is 3. The minimum absolute atomic E-state index is 0.0489. The van der Waals surface area contributed by atoms with E-state index in [0.29, 0.717) is 28.7 Å². The van der Waals surface area contributed by atoms with Crippen molar-refractivity contribution in [1.82, 2.24) is 25.4 Å². The maximum atomic E-state index is 12.7. The van der Waals surface area contributed by atoms with Crippen LogP contribution in [0, 0.1) is 4.77 Å². The molecule has 0 spiro atoms. The number of hydrogen-bond acceptors (Lipinski definition) is 5. The van der Waals surface area contributed by atoms with Crippen LogP contribution in [-0.2, 0) is 11.3 Å². The summed E-state index contributed by atoms with van der Waals surface area (Å²) in [7, 11) is 0. The molecule has 4 rings (SSSR count). The number of nitrogens with zero attached hydrogens (tertiary/aromatic N) is 2. The number of benzene rings is 1. The van der Waals surface area contributed by atoms with Gasteiger partial charge in [0, 0.05) is 18.2 Å². The number of carbonyl (C=O) groups excluding carboxylic acids is 2. The summed E-state index contributed by atoms with van der Waals surface area (Å²) >= 11 is 6.86. The van der Waals surface area contributed by atoms with Crippen LogP contribution in [0.4, 0.5) is 0 Å². The third-order valence-corrected chi connectivity index (χ3v) is 5.96. The van der Waals surface area contributed by atoms with Gasteiger partial charge in [0.25, 0.3) is 5.91 Å². The third-order valence-electron chi connectivity index (χ3n) is 4.81. The Bertz CT molecular complexity index is 1070. The molecule has 2 amide bonds. The molecule has 7 nitrogen and oxygen atoms in total. The first-order chi connectivity index (χ1) is 14.0. The molecular weight excluding hydrogens is 406 g/mol. The third kappa shape index (κ3) is 4.46. The van der Waals surface area contributed by atoms with E-state index in [4.69, 9.17) is 12.2 Å². The monoisotopic (exact) mass is 427 g/mol. The predicted octanol–water partition coefficient (Wildman–Crippen LogP) is 3.44. The first kappa shape index (κ1) is 19.5. The Morgan fingerprint density at radius 3 is 2.72 bits per heavy atom. The predicted molar refractivity (Wildman–Crippen MR) is 114 cm³/mol. The lowest BCUT2D eigenvalue weighted by molar-refractivity contribution is -0.124. The fraction of sp³-hybridized carbons (Fsp3) is 0.300. The van der Waals surface area contributed by atoms with Gasteiger partial charge in [-0.2, -0.15) is 5.10 Å². The van der Waals surface area contributed by atoms with Crippen LogP contribution >= 0.6 is 23.6 Å². The van der Waals surface area contributed by atoms with Crippen LogP contribution in [0.15, 0.2) is 41.8 Å². The van der Waals surface area contributed by atoms with Crippen molar-refractivity contribution in [2.24, 2.45) is 0 Å². The van der Waals surface area contributed by atoms with Gasteiger partial charge in [-0.1, -0.05) is 18.2 Å². The van der Waals surface area contributed by atoms with E-state index in [9.17, 15) is 9.59 Å². The zero-order chi connectivity index (χ0) is 20.4. The van der Waals surface area contributed by atoms with Crippen LogP contribution in [0.25, 0.3) is 10.7 Å². The summed E-state index contributed by atoms with van der Waals surface area (Å²) in [4.78, 5) is 25.7. The van der Waals surface area contributed by atoms with Crippen molar-refractivity contribution in [2.75, 3.05) is 0 Å². The van der Waals surface area contributed by atoms with Crippen molar-refractivity contribution in [3.63, 3.8) is 0 Å². The van der Waals surface area contributed by atoms with E-state index in [0.717, 1.165) is 23.3 Å². The van der Waals surface area contributed by atoms with E-state index >= 15 is 0 Å². The number of H-pyrrole nitrogens is 1. The highest BCUT2D eigenvalue weighted by atomic mass is 32.1. The van der Waals surface area contributed by atoms with Gasteiger partial charge in [-0.25, -0.2) is 0 Å². The molecule has 1 unspecified atom stereocenters. The van der Waals surface area contributed by atoms with Gasteiger partial charge in [0.15, 0.2) is 10.6 Å². The van der Waals surface area contributed by atoms with Crippen LogP contribution in [0.1, 0.15) is 41.7 Å². The van der Waals surface area contributed by atoms with Crippen molar-refractivity contribution in [3.05, 3.63) is 57.7 Å². The van der Waals surface area contributed by atoms with Gasteiger partial charge >= 0.3 is 0 Å². The molecule has 1 aliphatic carbocycles. The van der Waals surface area contributed by atoms with Crippen molar-refractivity contribution in [2.45, 2.75) is 38.4 Å². The van der Waals surface area contributed by atoms with Gasteiger partial charge in [-0.3, -0.25) is 19.3 Å². The number of thiophene rings is 1. The van der Waals surface area contributed by atoms with Crippen molar-refractivity contribution >= 4 is 35.4 Å². The Kier molecular flexibility index (Phi) is 5.59. The molecule has 1 atom stereocenters. The largest absolute Gasteiger partial charge is 0.350 e. The SMILES string of the molecule is CC(C(=O)NCc1ccc(C(=O)NC2CC2)cc1)n1c(-c2cccs2)n[nH]c1=S.